The lowest BCUT2D eigenvalue weighted by Crippen LogP contribution is -2.34. The number of sulfonamides is 2. The maximum absolute atomic E-state index is 13.1. The largest absolute Gasteiger partial charge is 0.497 e. The Balaban J connectivity index is 1.93. The topological polar surface area (TPSA) is 173 Å². The van der Waals surface area contributed by atoms with E-state index in [0.29, 0.717) is 9.87 Å². The fourth-order valence-corrected chi connectivity index (χ4v) is 6.80. The third kappa shape index (κ3) is 5.38. The van der Waals surface area contributed by atoms with Gasteiger partial charge in [-0.15, -0.1) is 0 Å². The van der Waals surface area contributed by atoms with Gasteiger partial charge in [-0.25, -0.2) is 21.6 Å². The molecule has 37 heavy (non-hydrogen) atoms. The minimum absolute atomic E-state index is 0.0829. The molecule has 2 aromatic carbocycles. The fourth-order valence-electron chi connectivity index (χ4n) is 3.45. The first kappa shape index (κ1) is 28.7. The van der Waals surface area contributed by atoms with Gasteiger partial charge in [-0.2, -0.15) is 9.03 Å². The Kier molecular flexibility index (Phi) is 8.10. The molecule has 1 aliphatic heterocycles. The molecule has 16 heteroatoms. The molecule has 2 N–H and O–H groups in total. The zero-order chi connectivity index (χ0) is 27.9. The number of carboxylic acids is 1. The first-order chi connectivity index (χ1) is 17.1. The van der Waals surface area contributed by atoms with Gasteiger partial charge in [-0.3, -0.25) is 9.59 Å². The molecule has 1 aliphatic rings. The van der Waals surface area contributed by atoms with Crippen LogP contribution in [0.4, 0.5) is 0 Å². The Morgan fingerprint density at radius 1 is 1.19 bits per heavy atom. The van der Waals surface area contributed by atoms with Gasteiger partial charge in [0.15, 0.2) is 6.73 Å². The number of hydrogen-bond donors (Lipinski definition) is 2. The Morgan fingerprint density at radius 3 is 2.41 bits per heavy atom. The fraction of sp³-hybridized carbons (Fsp3) is 0.286. The van der Waals surface area contributed by atoms with Crippen molar-refractivity contribution in [1.29, 1.82) is 0 Å². The number of amides is 1. The summed E-state index contributed by atoms with van der Waals surface area (Å²) in [7, 11) is -7.56. The van der Waals surface area contributed by atoms with Gasteiger partial charge in [0.2, 0.25) is 10.0 Å². The monoisotopic (exact) mass is 594 g/mol. The molecule has 12 nitrogen and oxygen atoms in total. The number of benzene rings is 2. The number of nitrogens with one attached hydrogen (secondary N) is 1. The molecule has 0 unspecified atom stereocenters. The smallest absolute Gasteiger partial charge is 0.342 e. The molecule has 0 spiro atoms. The van der Waals surface area contributed by atoms with Crippen LogP contribution in [-0.4, -0.2) is 64.5 Å². The third-order valence-electron chi connectivity index (χ3n) is 5.25. The van der Waals surface area contributed by atoms with Gasteiger partial charge in [-0.1, -0.05) is 37.0 Å². The van der Waals surface area contributed by atoms with E-state index in [2.05, 4.69) is 0 Å². The lowest BCUT2D eigenvalue weighted by atomic mass is 9.96. The van der Waals surface area contributed by atoms with Crippen molar-refractivity contribution in [3.8, 4) is 5.75 Å². The zero-order valence-corrected chi connectivity index (χ0v) is 22.6. The number of halogens is 2. The minimum atomic E-state index is -4.47. The SMILES string of the molecule is COc1cc(C(C)C)c2c(c1)S(=O)(=O)N(COC(=O)c1c(Cl)ccc(S(=O)(=O)NCC(=O)O)c1Cl)C2=O. The molecule has 3 rings (SSSR count). The quantitative estimate of drug-likeness (QED) is 0.410. The number of fused-ring (bicyclic) bond motifs is 1. The van der Waals surface area contributed by atoms with Crippen LogP contribution in [0.25, 0.3) is 0 Å². The summed E-state index contributed by atoms with van der Waals surface area (Å²) in [5, 5.41) is 7.69. The van der Waals surface area contributed by atoms with E-state index in [4.69, 9.17) is 37.8 Å². The van der Waals surface area contributed by atoms with Gasteiger partial charge in [-0.05, 0) is 29.7 Å². The van der Waals surface area contributed by atoms with E-state index in [0.717, 1.165) is 12.1 Å². The predicted octanol–water partition coefficient (Wildman–Crippen LogP) is 2.45. The maximum atomic E-state index is 13.1. The molecule has 0 aromatic heterocycles. The van der Waals surface area contributed by atoms with Crippen molar-refractivity contribution in [3.05, 3.63) is 51.0 Å². The summed E-state index contributed by atoms with van der Waals surface area (Å²) in [6.07, 6.45) is 0. The van der Waals surface area contributed by atoms with Crippen LogP contribution in [-0.2, 0) is 29.6 Å². The normalized spacial score (nSPS) is 14.5. The highest BCUT2D eigenvalue weighted by atomic mass is 35.5. The Labute approximate surface area is 222 Å². The number of nitrogens with zero attached hydrogens (tertiary/aromatic N) is 1. The van der Waals surface area contributed by atoms with Crippen LogP contribution in [0.3, 0.4) is 0 Å². The van der Waals surface area contributed by atoms with Crippen LogP contribution in [0.5, 0.6) is 5.75 Å². The molecule has 1 amide bonds. The standard InChI is InChI=1S/C21H20Cl2N2O10S2/c1-10(2)12-6-11(34-3)7-15-17(12)20(28)25(37(15,32)33)9-35-21(29)18-13(22)4-5-14(19(18)23)36(30,31)24-8-16(26)27/h4-7,10,24H,8-9H2,1-3H3,(H,26,27). The summed E-state index contributed by atoms with van der Waals surface area (Å²) >= 11 is 12.1. The second kappa shape index (κ2) is 10.5. The van der Waals surface area contributed by atoms with E-state index in [9.17, 15) is 31.2 Å². The summed E-state index contributed by atoms with van der Waals surface area (Å²) in [5.74, 6) is -3.76. The molecule has 0 aliphatic carbocycles. The van der Waals surface area contributed by atoms with E-state index in [1.54, 1.807) is 18.6 Å². The summed E-state index contributed by atoms with van der Waals surface area (Å²) in [6, 6.07) is 4.67. The van der Waals surface area contributed by atoms with Gasteiger partial charge < -0.3 is 14.6 Å². The van der Waals surface area contributed by atoms with E-state index in [1.165, 1.54) is 19.2 Å². The second-order valence-corrected chi connectivity index (χ2v) is 12.3. The third-order valence-corrected chi connectivity index (χ3v) is 9.24. The molecule has 0 bridgehead atoms. The summed E-state index contributed by atoms with van der Waals surface area (Å²) in [5.41, 5.74) is -0.303. The summed E-state index contributed by atoms with van der Waals surface area (Å²) in [6.45, 7) is 1.50. The van der Waals surface area contributed by atoms with Crippen LogP contribution >= 0.6 is 23.2 Å². The van der Waals surface area contributed by atoms with Crippen molar-refractivity contribution in [1.82, 2.24) is 9.03 Å². The van der Waals surface area contributed by atoms with E-state index in [-0.39, 0.29) is 27.1 Å². The number of aliphatic carboxylic acids is 1. The second-order valence-electron chi connectivity index (χ2n) is 7.92. The van der Waals surface area contributed by atoms with Gasteiger partial charge in [0.1, 0.15) is 22.1 Å². The first-order valence-electron chi connectivity index (χ1n) is 10.3. The molecule has 200 valence electrons. The number of hydrogen-bond acceptors (Lipinski definition) is 9. The van der Waals surface area contributed by atoms with E-state index in [1.807, 2.05) is 0 Å². The van der Waals surface area contributed by atoms with Gasteiger partial charge in [0.25, 0.3) is 15.9 Å². The van der Waals surface area contributed by atoms with Crippen LogP contribution in [0.2, 0.25) is 10.0 Å². The average Bonchev–Trinajstić information content (AvgIpc) is 3.00. The average molecular weight is 595 g/mol. The molecule has 0 saturated heterocycles. The number of esters is 1. The Morgan fingerprint density at radius 2 is 1.84 bits per heavy atom. The zero-order valence-electron chi connectivity index (χ0n) is 19.4. The highest BCUT2D eigenvalue weighted by Crippen LogP contribution is 2.39. The lowest BCUT2D eigenvalue weighted by Gasteiger charge is -2.16. The lowest BCUT2D eigenvalue weighted by molar-refractivity contribution is -0.135. The highest BCUT2D eigenvalue weighted by molar-refractivity contribution is 7.90. The van der Waals surface area contributed by atoms with Crippen LogP contribution in [0, 0.1) is 0 Å². The minimum Gasteiger partial charge on any atom is -0.497 e. The van der Waals surface area contributed by atoms with Crippen LogP contribution in [0.15, 0.2) is 34.1 Å². The number of carbonyl (C=O) groups is 3. The first-order valence-corrected chi connectivity index (χ1v) is 14.0. The van der Waals surface area contributed by atoms with Crippen molar-refractivity contribution < 1.29 is 45.8 Å². The van der Waals surface area contributed by atoms with Crippen molar-refractivity contribution in [2.24, 2.45) is 0 Å². The number of rotatable bonds is 9. The van der Waals surface area contributed by atoms with E-state index < -0.39 is 66.6 Å². The molecule has 0 saturated carbocycles. The van der Waals surface area contributed by atoms with Crippen LogP contribution in [0.1, 0.15) is 46.0 Å². The molecule has 1 heterocycles. The van der Waals surface area contributed by atoms with Crippen molar-refractivity contribution in [2.75, 3.05) is 20.4 Å². The molecule has 2 aromatic rings. The molecule has 0 radical (unpaired) electrons. The highest BCUT2D eigenvalue weighted by Gasteiger charge is 2.44. The molecular weight excluding hydrogens is 575 g/mol. The van der Waals surface area contributed by atoms with E-state index >= 15 is 0 Å². The number of ether oxygens (including phenoxy) is 2. The Hall–Kier alpha value is -2.91. The van der Waals surface area contributed by atoms with Gasteiger partial charge in [0.05, 0.1) is 28.3 Å². The summed E-state index contributed by atoms with van der Waals surface area (Å²) in [4.78, 5) is 35.6. The molecule has 0 atom stereocenters. The van der Waals surface area contributed by atoms with Gasteiger partial charge >= 0.3 is 11.9 Å². The van der Waals surface area contributed by atoms with Gasteiger partial charge in [0, 0.05) is 6.07 Å². The maximum Gasteiger partial charge on any atom is 0.342 e. The predicted molar refractivity (Wildman–Crippen MR) is 130 cm³/mol. The molecular formula is C21H20Cl2N2O10S2. The van der Waals surface area contributed by atoms with Crippen molar-refractivity contribution in [3.63, 3.8) is 0 Å². The van der Waals surface area contributed by atoms with Crippen molar-refractivity contribution in [2.45, 2.75) is 29.6 Å². The van der Waals surface area contributed by atoms with Crippen molar-refractivity contribution >= 4 is 61.1 Å². The molecule has 0 fully saturated rings. The number of carbonyl (C=O) groups excluding carboxylic acids is 2. The number of carboxylic acid groups (broad SMARTS) is 1. The Bertz CT molecular complexity index is 1520. The number of methoxy groups -OCH3 is 1. The van der Waals surface area contributed by atoms with Crippen LogP contribution < -0.4 is 9.46 Å². The summed E-state index contributed by atoms with van der Waals surface area (Å²) < 4.78 is 63.3.